The van der Waals surface area contributed by atoms with Gasteiger partial charge in [-0.25, -0.2) is 4.98 Å². The molecule has 5 rings (SSSR count). The molecule has 0 aliphatic heterocycles. The number of benzene rings is 4. The summed E-state index contributed by atoms with van der Waals surface area (Å²) < 4.78 is 7.26. The van der Waals surface area contributed by atoms with E-state index >= 15 is 0 Å². The highest BCUT2D eigenvalue weighted by Gasteiger charge is 2.41. The van der Waals surface area contributed by atoms with Crippen LogP contribution in [0.25, 0.3) is 0 Å². The van der Waals surface area contributed by atoms with E-state index in [1.54, 1.807) is 19.6 Å². The van der Waals surface area contributed by atoms with Crippen molar-refractivity contribution in [2.75, 3.05) is 20.7 Å². The Bertz CT molecular complexity index is 2100. The number of carbonyl (C=O) groups is 4. The van der Waals surface area contributed by atoms with E-state index < -0.39 is 41.3 Å². The molecule has 1 heterocycles. The van der Waals surface area contributed by atoms with Crippen LogP contribution in [0.1, 0.15) is 67.5 Å². The second-order valence-electron chi connectivity index (χ2n) is 15.7. The number of hydrogen-bond acceptors (Lipinski definition) is 8. The summed E-state index contributed by atoms with van der Waals surface area (Å²) in [5.74, 6) is -3.14. The molecule has 0 fully saturated rings. The molecule has 320 valence electrons. The van der Waals surface area contributed by atoms with Gasteiger partial charge in [0.25, 0.3) is 0 Å². The molecule has 0 aliphatic carbocycles. The van der Waals surface area contributed by atoms with Gasteiger partial charge in [0.2, 0.25) is 5.91 Å². The van der Waals surface area contributed by atoms with Crippen LogP contribution in [0.2, 0.25) is 0 Å². The smallest absolute Gasteiger partial charge is 0.309 e. The fourth-order valence-corrected chi connectivity index (χ4v) is 7.93. The predicted octanol–water partition coefficient (Wildman–Crippen LogP) is 5.61. The maximum absolute atomic E-state index is 14.8. The lowest BCUT2D eigenvalue weighted by Crippen LogP contribution is -2.48. The molecular weight excluding hydrogens is 767 g/mol. The third-order valence-electron chi connectivity index (χ3n) is 11.3. The van der Waals surface area contributed by atoms with Gasteiger partial charge in [-0.2, -0.15) is 0 Å². The van der Waals surface area contributed by atoms with Gasteiger partial charge >= 0.3 is 5.97 Å². The zero-order chi connectivity index (χ0) is 43.8. The SMILES string of the molecule is CN=C(N)NCCC[C@H](N)C(=O)C[C@H](C(=O)N[C@@H](Cc1cncn1C(c1ccccc1)(c1ccccc1)c1ccccc1)C(=O)C[C@@H](Cc1ccccc1)C(=O)OC)C(C)C. The van der Waals surface area contributed by atoms with Crippen LogP contribution in [0, 0.1) is 17.8 Å². The van der Waals surface area contributed by atoms with Crippen molar-refractivity contribution < 1.29 is 23.9 Å². The fourth-order valence-electron chi connectivity index (χ4n) is 7.93. The number of nitrogens with two attached hydrogens (primary N) is 2. The molecule has 0 spiro atoms. The minimum absolute atomic E-state index is 0.0352. The average molecular weight is 826 g/mol. The van der Waals surface area contributed by atoms with Gasteiger partial charge in [0.15, 0.2) is 11.7 Å². The van der Waals surface area contributed by atoms with E-state index in [9.17, 15) is 19.2 Å². The van der Waals surface area contributed by atoms with Crippen LogP contribution in [0.3, 0.4) is 0 Å². The second kappa shape index (κ2) is 22.3. The zero-order valence-electron chi connectivity index (χ0n) is 35.6. The van der Waals surface area contributed by atoms with Gasteiger partial charge in [0, 0.05) is 50.7 Å². The van der Waals surface area contributed by atoms with Gasteiger partial charge < -0.3 is 31.4 Å². The van der Waals surface area contributed by atoms with Crippen molar-refractivity contribution in [2.45, 2.75) is 70.0 Å². The van der Waals surface area contributed by atoms with Gasteiger partial charge in [-0.1, -0.05) is 135 Å². The normalized spacial score (nSPS) is 13.8. The van der Waals surface area contributed by atoms with E-state index in [0.717, 1.165) is 22.3 Å². The Morgan fingerprint density at radius 2 is 1.33 bits per heavy atom. The van der Waals surface area contributed by atoms with Crippen molar-refractivity contribution >= 4 is 29.4 Å². The van der Waals surface area contributed by atoms with Crippen molar-refractivity contribution in [3.63, 3.8) is 0 Å². The summed E-state index contributed by atoms with van der Waals surface area (Å²) in [6.45, 7) is 4.23. The molecule has 0 saturated carbocycles. The molecule has 6 N–H and O–H groups in total. The van der Waals surface area contributed by atoms with Gasteiger partial charge in [-0.05, 0) is 47.4 Å². The molecule has 12 nitrogen and oxygen atoms in total. The number of ether oxygens (including phenoxy) is 1. The molecular formula is C49H59N7O5. The van der Waals surface area contributed by atoms with E-state index in [1.165, 1.54) is 7.11 Å². The lowest BCUT2D eigenvalue weighted by Gasteiger charge is -2.39. The number of amides is 1. The first-order valence-corrected chi connectivity index (χ1v) is 20.9. The summed E-state index contributed by atoms with van der Waals surface area (Å²) in [6.07, 6.45) is 4.45. The van der Waals surface area contributed by atoms with Crippen LogP contribution >= 0.6 is 0 Å². The molecule has 0 bridgehead atoms. The van der Waals surface area contributed by atoms with Gasteiger partial charge in [-0.15, -0.1) is 0 Å². The Kier molecular flexibility index (Phi) is 16.7. The van der Waals surface area contributed by atoms with E-state index in [4.69, 9.17) is 16.2 Å². The molecule has 1 amide bonds. The number of Topliss-reactive ketones (excluding diaryl/α,β-unsaturated/α-hetero) is 2. The van der Waals surface area contributed by atoms with Crippen LogP contribution in [-0.2, 0) is 42.3 Å². The lowest BCUT2D eigenvalue weighted by atomic mass is 9.76. The van der Waals surface area contributed by atoms with Crippen molar-refractivity contribution in [3.05, 3.63) is 162 Å². The summed E-state index contributed by atoms with van der Waals surface area (Å²) >= 11 is 0. The quantitative estimate of drug-likeness (QED) is 0.0227. The second-order valence-corrected chi connectivity index (χ2v) is 15.7. The molecule has 0 aliphatic rings. The fraction of sp³-hybridized carbons (Fsp3) is 0.347. The summed E-state index contributed by atoms with van der Waals surface area (Å²) in [7, 11) is 2.89. The molecule has 1 aromatic heterocycles. The summed E-state index contributed by atoms with van der Waals surface area (Å²) in [5, 5.41) is 6.03. The minimum atomic E-state index is -1.10. The molecule has 12 heteroatoms. The minimum Gasteiger partial charge on any atom is -0.469 e. The first kappa shape index (κ1) is 45.7. The number of nitrogens with zero attached hydrogens (tertiary/aromatic N) is 3. The van der Waals surface area contributed by atoms with Crippen LogP contribution in [0.15, 0.2) is 139 Å². The van der Waals surface area contributed by atoms with Crippen molar-refractivity contribution in [1.82, 2.24) is 20.2 Å². The maximum atomic E-state index is 14.8. The van der Waals surface area contributed by atoms with Gasteiger partial charge in [-0.3, -0.25) is 24.2 Å². The number of nitrogens with one attached hydrogen (secondary N) is 2. The largest absolute Gasteiger partial charge is 0.469 e. The molecule has 0 saturated heterocycles. The predicted molar refractivity (Wildman–Crippen MR) is 238 cm³/mol. The average Bonchev–Trinajstić information content (AvgIpc) is 3.75. The van der Waals surface area contributed by atoms with E-state index in [2.05, 4.69) is 61.6 Å². The monoisotopic (exact) mass is 825 g/mol. The summed E-state index contributed by atoms with van der Waals surface area (Å²) in [6, 6.07) is 37.8. The molecule has 4 aromatic carbocycles. The lowest BCUT2D eigenvalue weighted by molar-refractivity contribution is -0.147. The third-order valence-corrected chi connectivity index (χ3v) is 11.3. The first-order valence-electron chi connectivity index (χ1n) is 20.9. The number of rotatable bonds is 22. The van der Waals surface area contributed by atoms with Crippen LogP contribution < -0.4 is 22.1 Å². The van der Waals surface area contributed by atoms with Crippen molar-refractivity contribution in [2.24, 2.45) is 34.2 Å². The summed E-state index contributed by atoms with van der Waals surface area (Å²) in [4.78, 5) is 64.5. The van der Waals surface area contributed by atoms with Crippen LogP contribution in [-0.4, -0.2) is 71.7 Å². The van der Waals surface area contributed by atoms with Gasteiger partial charge in [0.1, 0.15) is 11.3 Å². The highest BCUT2D eigenvalue weighted by atomic mass is 16.5. The zero-order valence-corrected chi connectivity index (χ0v) is 35.6. The van der Waals surface area contributed by atoms with Gasteiger partial charge in [0.05, 0.1) is 31.4 Å². The third kappa shape index (κ3) is 11.7. The number of imidazole rings is 1. The molecule has 0 radical (unpaired) electrons. The number of aliphatic imine (C=N–C) groups is 1. The molecule has 4 atom stereocenters. The Labute approximate surface area is 359 Å². The molecule has 5 aromatic rings. The van der Waals surface area contributed by atoms with Crippen LogP contribution in [0.5, 0.6) is 0 Å². The first-order chi connectivity index (χ1) is 29.5. The van der Waals surface area contributed by atoms with Crippen molar-refractivity contribution in [3.8, 4) is 0 Å². The Morgan fingerprint density at radius 3 is 1.84 bits per heavy atom. The number of guanidine groups is 1. The Morgan fingerprint density at radius 1 is 0.787 bits per heavy atom. The van der Waals surface area contributed by atoms with E-state index in [1.807, 2.05) is 98.8 Å². The van der Waals surface area contributed by atoms with Crippen LogP contribution in [0.4, 0.5) is 0 Å². The molecule has 0 unspecified atom stereocenters. The highest BCUT2D eigenvalue weighted by molar-refractivity contribution is 5.94. The van der Waals surface area contributed by atoms with E-state index in [0.29, 0.717) is 31.0 Å². The topological polar surface area (TPSA) is 184 Å². The number of carbonyl (C=O) groups excluding carboxylic acids is 4. The number of hydrogen-bond donors (Lipinski definition) is 4. The number of methoxy groups -OCH3 is 1. The van der Waals surface area contributed by atoms with E-state index in [-0.39, 0.29) is 43.2 Å². The standard InChI is InChI=1S/C49H59N7O5/c1-34(2)41(31-44(57)42(50)26-17-27-54-48(51)52-3)46(59)55-43(45(58)29-36(47(60)61-4)28-35-18-9-5-10-19-35)30-40-32-53-33-56(40)49(37-20-11-6-12-21-37,38-22-13-7-14-23-38)39-24-15-8-16-25-39/h5-16,18-25,32-34,36,41-43H,17,26-31,50H2,1-4H3,(H,55,59)(H3,51,52,54)/t36-,41+,42+,43+/m1/s1. The Hall–Kier alpha value is -6.40. The summed E-state index contributed by atoms with van der Waals surface area (Å²) in [5.41, 5.74) is 15.5. The number of ketones is 2. The highest BCUT2D eigenvalue weighted by Crippen LogP contribution is 2.41. The Balaban J connectivity index is 1.53. The van der Waals surface area contributed by atoms with Crippen molar-refractivity contribution in [1.29, 1.82) is 0 Å². The maximum Gasteiger partial charge on any atom is 0.309 e. The molecule has 61 heavy (non-hydrogen) atoms. The number of esters is 1. The number of aromatic nitrogens is 2.